The molecule has 35 heavy (non-hydrogen) atoms. The van der Waals surface area contributed by atoms with Crippen LogP contribution in [0, 0.1) is 0 Å². The van der Waals surface area contributed by atoms with Crippen LogP contribution in [0.1, 0.15) is 51.4 Å². The number of carbonyl (C=O) groups is 7. The van der Waals surface area contributed by atoms with Gasteiger partial charge >= 0.3 is 11.9 Å². The van der Waals surface area contributed by atoms with Crippen LogP contribution in [0.2, 0.25) is 0 Å². The van der Waals surface area contributed by atoms with Crippen molar-refractivity contribution in [1.82, 2.24) is 15.5 Å². The smallest absolute Gasteiger partial charge is 0.326 e. The van der Waals surface area contributed by atoms with E-state index < -0.39 is 65.6 Å². The number of primary amides is 2. The highest BCUT2D eigenvalue weighted by Gasteiger charge is 2.38. The Hall–Kier alpha value is -3.75. The van der Waals surface area contributed by atoms with E-state index in [9.17, 15) is 38.7 Å². The number of nitrogens with two attached hydrogens (primary N) is 3. The topological polar surface area (TPSA) is 265 Å². The Morgan fingerprint density at radius 3 is 1.94 bits per heavy atom. The molecule has 0 spiro atoms. The minimum Gasteiger partial charge on any atom is -0.481 e. The number of rotatable bonds is 15. The first kappa shape index (κ1) is 29.3. The second-order valence-corrected chi connectivity index (χ2v) is 8.20. The van der Waals surface area contributed by atoms with Crippen LogP contribution in [-0.4, -0.2) is 87.3 Å². The van der Waals surface area contributed by atoms with Crippen LogP contribution in [0.3, 0.4) is 0 Å². The zero-order chi connectivity index (χ0) is 26.7. The van der Waals surface area contributed by atoms with Crippen molar-refractivity contribution in [3.8, 4) is 0 Å². The Morgan fingerprint density at radius 1 is 0.857 bits per heavy atom. The lowest BCUT2D eigenvalue weighted by Gasteiger charge is -2.28. The van der Waals surface area contributed by atoms with Gasteiger partial charge in [0.05, 0.1) is 6.04 Å². The Morgan fingerprint density at radius 2 is 1.43 bits per heavy atom. The number of likely N-dealkylation sites (tertiary alicyclic amines) is 1. The van der Waals surface area contributed by atoms with Crippen LogP contribution >= 0.6 is 0 Å². The largest absolute Gasteiger partial charge is 0.481 e. The van der Waals surface area contributed by atoms with E-state index in [1.54, 1.807) is 0 Å². The van der Waals surface area contributed by atoms with Crippen molar-refractivity contribution in [2.75, 3.05) is 6.54 Å². The molecule has 1 rings (SSSR count). The van der Waals surface area contributed by atoms with Gasteiger partial charge in [0.15, 0.2) is 0 Å². The molecule has 10 N–H and O–H groups in total. The molecule has 0 aromatic heterocycles. The Labute approximate surface area is 200 Å². The predicted molar refractivity (Wildman–Crippen MR) is 118 cm³/mol. The summed E-state index contributed by atoms with van der Waals surface area (Å²) in [6, 6.07) is -4.95. The van der Waals surface area contributed by atoms with E-state index in [0.29, 0.717) is 6.42 Å². The van der Waals surface area contributed by atoms with E-state index >= 15 is 0 Å². The van der Waals surface area contributed by atoms with Crippen molar-refractivity contribution in [1.29, 1.82) is 0 Å². The molecule has 1 aliphatic rings. The van der Waals surface area contributed by atoms with Crippen LogP contribution in [0.4, 0.5) is 0 Å². The van der Waals surface area contributed by atoms with E-state index in [2.05, 4.69) is 10.6 Å². The molecule has 1 saturated heterocycles. The number of carboxylic acid groups (broad SMARTS) is 2. The summed E-state index contributed by atoms with van der Waals surface area (Å²) < 4.78 is 0. The highest BCUT2D eigenvalue weighted by Crippen LogP contribution is 2.19. The fraction of sp³-hybridized carbons (Fsp3) is 0.650. The van der Waals surface area contributed by atoms with Crippen molar-refractivity contribution in [3.05, 3.63) is 0 Å². The van der Waals surface area contributed by atoms with Gasteiger partial charge in [-0.3, -0.25) is 28.8 Å². The maximum Gasteiger partial charge on any atom is 0.326 e. The summed E-state index contributed by atoms with van der Waals surface area (Å²) in [5.74, 6) is -6.34. The Kier molecular flexibility index (Phi) is 11.6. The molecule has 5 amide bonds. The van der Waals surface area contributed by atoms with Gasteiger partial charge in [-0.1, -0.05) is 0 Å². The Bertz CT molecular complexity index is 849. The molecule has 4 atom stereocenters. The normalized spacial score (nSPS) is 17.6. The summed E-state index contributed by atoms with van der Waals surface area (Å²) in [4.78, 5) is 83.8. The van der Waals surface area contributed by atoms with Crippen LogP contribution in [0.15, 0.2) is 0 Å². The summed E-state index contributed by atoms with van der Waals surface area (Å²) in [6.45, 7) is 0.198. The number of hydrogen-bond donors (Lipinski definition) is 7. The van der Waals surface area contributed by atoms with Gasteiger partial charge in [-0.15, -0.1) is 0 Å². The number of hydrogen-bond acceptors (Lipinski definition) is 8. The van der Waals surface area contributed by atoms with Gasteiger partial charge < -0.3 is 42.9 Å². The standard InChI is InChI=1S/C20H32N6O9/c21-10(3-8-16(29)30)19(33)26-9-1-2-13(26)18(32)24-11(4-6-14(22)27)17(31)25-12(20(34)35)5-7-15(23)28/h10-13H,1-9,21H2,(H2,22,27)(H2,23,28)(H,24,32)(H,25,31)(H,29,30)(H,34,35). The lowest BCUT2D eigenvalue weighted by molar-refractivity contribution is -0.143. The fourth-order valence-corrected chi connectivity index (χ4v) is 3.56. The maximum absolute atomic E-state index is 12.9. The molecule has 196 valence electrons. The molecular weight excluding hydrogens is 468 g/mol. The quantitative estimate of drug-likeness (QED) is 0.118. The monoisotopic (exact) mass is 500 g/mol. The fourth-order valence-electron chi connectivity index (χ4n) is 3.56. The van der Waals surface area contributed by atoms with E-state index in [1.165, 1.54) is 4.90 Å². The summed E-state index contributed by atoms with van der Waals surface area (Å²) in [6.07, 6.45) is -0.870. The second kappa shape index (κ2) is 13.8. The van der Waals surface area contributed by atoms with Crippen molar-refractivity contribution in [2.24, 2.45) is 17.2 Å². The third-order valence-corrected chi connectivity index (χ3v) is 5.43. The van der Waals surface area contributed by atoms with E-state index in [-0.39, 0.29) is 51.5 Å². The summed E-state index contributed by atoms with van der Waals surface area (Å²) in [7, 11) is 0. The van der Waals surface area contributed by atoms with Crippen molar-refractivity contribution >= 4 is 41.5 Å². The molecule has 1 aliphatic heterocycles. The molecule has 1 fully saturated rings. The SMILES string of the molecule is NC(=O)CCC(NC(=O)C(CCC(N)=O)NC(=O)C1CCCN1C(=O)C(N)CCC(=O)O)C(=O)O. The van der Waals surface area contributed by atoms with E-state index in [1.807, 2.05) is 0 Å². The van der Waals surface area contributed by atoms with Crippen LogP contribution in [0.5, 0.6) is 0 Å². The molecule has 0 bridgehead atoms. The second-order valence-electron chi connectivity index (χ2n) is 8.20. The molecule has 0 aliphatic carbocycles. The van der Waals surface area contributed by atoms with E-state index in [4.69, 9.17) is 22.3 Å². The van der Waals surface area contributed by atoms with Crippen molar-refractivity contribution in [3.63, 3.8) is 0 Å². The van der Waals surface area contributed by atoms with Gasteiger partial charge in [-0.2, -0.15) is 0 Å². The number of amides is 5. The highest BCUT2D eigenvalue weighted by atomic mass is 16.4. The third-order valence-electron chi connectivity index (χ3n) is 5.43. The minimum atomic E-state index is -1.47. The predicted octanol–water partition coefficient (Wildman–Crippen LogP) is -3.25. The molecule has 15 nitrogen and oxygen atoms in total. The minimum absolute atomic E-state index is 0.121. The molecule has 15 heteroatoms. The highest BCUT2D eigenvalue weighted by molar-refractivity contribution is 5.94. The van der Waals surface area contributed by atoms with E-state index in [0.717, 1.165) is 0 Å². The number of nitrogens with zero attached hydrogens (tertiary/aromatic N) is 1. The van der Waals surface area contributed by atoms with Gasteiger partial charge in [0.25, 0.3) is 0 Å². The molecular formula is C20H32N6O9. The molecule has 0 saturated carbocycles. The first-order valence-electron chi connectivity index (χ1n) is 11.0. The molecule has 0 aromatic carbocycles. The number of nitrogens with one attached hydrogen (secondary N) is 2. The zero-order valence-electron chi connectivity index (χ0n) is 19.1. The molecule has 4 unspecified atom stereocenters. The first-order chi connectivity index (χ1) is 16.3. The summed E-state index contributed by atoms with van der Waals surface area (Å²) >= 11 is 0. The lowest BCUT2D eigenvalue weighted by Crippen LogP contribution is -2.56. The van der Waals surface area contributed by atoms with Crippen molar-refractivity contribution in [2.45, 2.75) is 75.5 Å². The lowest BCUT2D eigenvalue weighted by atomic mass is 10.1. The summed E-state index contributed by atoms with van der Waals surface area (Å²) in [5.41, 5.74) is 15.9. The molecule has 0 radical (unpaired) electrons. The van der Waals surface area contributed by atoms with Gasteiger partial charge in [0.1, 0.15) is 18.1 Å². The maximum atomic E-state index is 12.9. The van der Waals surface area contributed by atoms with Crippen LogP contribution < -0.4 is 27.8 Å². The van der Waals surface area contributed by atoms with Gasteiger partial charge in [-0.05, 0) is 32.1 Å². The van der Waals surface area contributed by atoms with Crippen LogP contribution in [-0.2, 0) is 33.6 Å². The zero-order valence-corrected chi connectivity index (χ0v) is 19.1. The van der Waals surface area contributed by atoms with Gasteiger partial charge in [0.2, 0.25) is 29.5 Å². The third kappa shape index (κ3) is 9.95. The number of carbonyl (C=O) groups excluding carboxylic acids is 5. The molecule has 1 heterocycles. The van der Waals surface area contributed by atoms with Gasteiger partial charge in [-0.25, -0.2) is 4.79 Å². The average Bonchev–Trinajstić information content (AvgIpc) is 3.26. The van der Waals surface area contributed by atoms with Crippen molar-refractivity contribution < 1.29 is 43.8 Å². The van der Waals surface area contributed by atoms with Gasteiger partial charge in [0, 0.05) is 25.8 Å². The first-order valence-corrected chi connectivity index (χ1v) is 11.0. The number of aliphatic carboxylic acids is 2. The Balaban J connectivity index is 2.92. The number of carboxylic acids is 2. The average molecular weight is 501 g/mol. The van der Waals surface area contributed by atoms with Crippen LogP contribution in [0.25, 0.3) is 0 Å². The molecule has 0 aromatic rings. The summed E-state index contributed by atoms with van der Waals surface area (Å²) in [5, 5.41) is 22.7.